The molecule has 0 aliphatic heterocycles. The molecule has 1 amide bonds. The van der Waals surface area contributed by atoms with Gasteiger partial charge in [-0.3, -0.25) is 9.36 Å². The maximum atomic E-state index is 14.5. The molecule has 0 saturated heterocycles. The first-order chi connectivity index (χ1) is 16.3. The van der Waals surface area contributed by atoms with Gasteiger partial charge in [0, 0.05) is 18.0 Å². The van der Waals surface area contributed by atoms with E-state index in [2.05, 4.69) is 25.6 Å². The SMILES string of the molecule is CC[C@@H](CO)Nc1ncc2nc(Nc3c(F)cc(F)cc3Cl)n([C@H]3CC[C@H](C(N)=O)CC3)c2n1. The van der Waals surface area contributed by atoms with Gasteiger partial charge in [0.05, 0.1) is 29.6 Å². The molecule has 0 spiro atoms. The summed E-state index contributed by atoms with van der Waals surface area (Å²) in [4.78, 5) is 25.1. The number of aromatic nitrogens is 4. The Morgan fingerprint density at radius 2 is 2.03 bits per heavy atom. The Balaban J connectivity index is 1.76. The molecule has 1 atom stereocenters. The molecule has 9 nitrogen and oxygen atoms in total. The number of aliphatic hydroxyl groups excluding tert-OH is 1. The van der Waals surface area contributed by atoms with Crippen LogP contribution in [0.3, 0.4) is 0 Å². The van der Waals surface area contributed by atoms with Gasteiger partial charge in [-0.15, -0.1) is 0 Å². The highest BCUT2D eigenvalue weighted by Crippen LogP contribution is 2.38. The number of imidazole rings is 1. The van der Waals surface area contributed by atoms with Gasteiger partial charge in [0.15, 0.2) is 11.5 Å². The van der Waals surface area contributed by atoms with Crippen LogP contribution in [-0.2, 0) is 4.79 Å². The first-order valence-electron chi connectivity index (χ1n) is 11.1. The van der Waals surface area contributed by atoms with E-state index in [9.17, 15) is 18.7 Å². The molecule has 0 radical (unpaired) electrons. The molecule has 1 fully saturated rings. The van der Waals surface area contributed by atoms with Crippen molar-refractivity contribution >= 4 is 46.3 Å². The lowest BCUT2D eigenvalue weighted by Crippen LogP contribution is -2.29. The largest absolute Gasteiger partial charge is 0.394 e. The molecule has 34 heavy (non-hydrogen) atoms. The van der Waals surface area contributed by atoms with Crippen molar-refractivity contribution in [2.45, 2.75) is 51.1 Å². The molecule has 3 aromatic rings. The van der Waals surface area contributed by atoms with Crippen LogP contribution in [-0.4, -0.2) is 43.2 Å². The van der Waals surface area contributed by atoms with Crippen LogP contribution in [0.5, 0.6) is 0 Å². The molecule has 4 rings (SSSR count). The predicted octanol–water partition coefficient (Wildman–Crippen LogP) is 3.90. The summed E-state index contributed by atoms with van der Waals surface area (Å²) >= 11 is 6.10. The molecule has 1 saturated carbocycles. The number of carbonyl (C=O) groups is 1. The van der Waals surface area contributed by atoms with Crippen LogP contribution in [0.25, 0.3) is 11.2 Å². The molecule has 1 aliphatic rings. The van der Waals surface area contributed by atoms with Crippen LogP contribution >= 0.6 is 11.6 Å². The zero-order valence-corrected chi connectivity index (χ0v) is 19.3. The van der Waals surface area contributed by atoms with Crippen LogP contribution in [0, 0.1) is 17.6 Å². The van der Waals surface area contributed by atoms with Gasteiger partial charge < -0.3 is 21.5 Å². The summed E-state index contributed by atoms with van der Waals surface area (Å²) in [6, 6.07) is 1.43. The molecular formula is C22H26ClF2N7O2. The van der Waals surface area contributed by atoms with Gasteiger partial charge in [-0.1, -0.05) is 18.5 Å². The van der Waals surface area contributed by atoms with Crippen LogP contribution in [0.4, 0.5) is 26.4 Å². The summed E-state index contributed by atoms with van der Waals surface area (Å²) in [5.74, 6) is -1.59. The van der Waals surface area contributed by atoms with E-state index in [4.69, 9.17) is 17.3 Å². The summed E-state index contributed by atoms with van der Waals surface area (Å²) in [5.41, 5.74) is 6.33. The number of amides is 1. The number of benzene rings is 1. The third-order valence-electron chi connectivity index (χ3n) is 6.19. The van der Waals surface area contributed by atoms with Gasteiger partial charge in [0.1, 0.15) is 11.3 Å². The monoisotopic (exact) mass is 493 g/mol. The second-order valence-electron chi connectivity index (χ2n) is 8.42. The van der Waals surface area contributed by atoms with Crippen LogP contribution in [0.2, 0.25) is 5.02 Å². The lowest BCUT2D eigenvalue weighted by molar-refractivity contribution is -0.122. The van der Waals surface area contributed by atoms with E-state index in [1.54, 1.807) is 0 Å². The van der Waals surface area contributed by atoms with E-state index in [1.165, 1.54) is 6.20 Å². The molecule has 1 aliphatic carbocycles. The molecule has 2 aromatic heterocycles. The van der Waals surface area contributed by atoms with Crippen molar-refractivity contribution < 1.29 is 18.7 Å². The third kappa shape index (κ3) is 4.90. The Kier molecular flexibility index (Phi) is 7.13. The average molecular weight is 494 g/mol. The summed E-state index contributed by atoms with van der Waals surface area (Å²) in [5, 5.41) is 15.4. The lowest BCUT2D eigenvalue weighted by Gasteiger charge is -2.29. The molecule has 0 bridgehead atoms. The van der Waals surface area contributed by atoms with E-state index in [0.717, 1.165) is 12.1 Å². The molecule has 182 valence electrons. The van der Waals surface area contributed by atoms with Crippen molar-refractivity contribution in [3.63, 3.8) is 0 Å². The fourth-order valence-electron chi connectivity index (χ4n) is 4.25. The number of halogens is 3. The molecule has 2 heterocycles. The topological polar surface area (TPSA) is 131 Å². The Hall–Kier alpha value is -3.05. The molecule has 1 aromatic carbocycles. The number of rotatable bonds is 8. The Morgan fingerprint density at radius 1 is 1.29 bits per heavy atom. The minimum absolute atomic E-state index is 0.0799. The van der Waals surface area contributed by atoms with E-state index in [0.29, 0.717) is 49.2 Å². The number of fused-ring (bicyclic) bond motifs is 1. The minimum atomic E-state index is -0.858. The normalized spacial score (nSPS) is 19.2. The highest BCUT2D eigenvalue weighted by molar-refractivity contribution is 6.33. The van der Waals surface area contributed by atoms with Gasteiger partial charge in [0.2, 0.25) is 17.8 Å². The van der Waals surface area contributed by atoms with Gasteiger partial charge in [-0.05, 0) is 38.2 Å². The maximum Gasteiger partial charge on any atom is 0.225 e. The van der Waals surface area contributed by atoms with Crippen molar-refractivity contribution in [1.82, 2.24) is 19.5 Å². The van der Waals surface area contributed by atoms with Gasteiger partial charge in [-0.2, -0.15) is 4.98 Å². The highest BCUT2D eigenvalue weighted by Gasteiger charge is 2.29. The Morgan fingerprint density at radius 3 is 2.65 bits per heavy atom. The van der Waals surface area contributed by atoms with Gasteiger partial charge >= 0.3 is 0 Å². The summed E-state index contributed by atoms with van der Waals surface area (Å²) < 4.78 is 29.9. The number of carbonyl (C=O) groups excluding carboxylic acids is 1. The second kappa shape index (κ2) is 10.1. The third-order valence-corrected chi connectivity index (χ3v) is 6.49. The highest BCUT2D eigenvalue weighted by atomic mass is 35.5. The van der Waals surface area contributed by atoms with Crippen LogP contribution < -0.4 is 16.4 Å². The zero-order valence-electron chi connectivity index (χ0n) is 18.6. The van der Waals surface area contributed by atoms with E-state index >= 15 is 0 Å². The van der Waals surface area contributed by atoms with Crippen LogP contribution in [0.15, 0.2) is 18.3 Å². The van der Waals surface area contributed by atoms with Gasteiger partial charge in [0.25, 0.3) is 0 Å². The molecular weight excluding hydrogens is 468 g/mol. The fourth-order valence-corrected chi connectivity index (χ4v) is 4.49. The zero-order chi connectivity index (χ0) is 24.4. The van der Waals surface area contributed by atoms with Crippen molar-refractivity contribution in [1.29, 1.82) is 0 Å². The first kappa shape index (κ1) is 24.1. The number of nitrogens with one attached hydrogen (secondary N) is 2. The smallest absolute Gasteiger partial charge is 0.225 e. The van der Waals surface area contributed by atoms with Crippen molar-refractivity contribution in [2.24, 2.45) is 11.7 Å². The maximum absolute atomic E-state index is 14.5. The quantitative estimate of drug-likeness (QED) is 0.374. The lowest BCUT2D eigenvalue weighted by atomic mass is 9.85. The fraction of sp³-hybridized carbons (Fsp3) is 0.455. The van der Waals surface area contributed by atoms with Gasteiger partial charge in [-0.25, -0.2) is 18.7 Å². The van der Waals surface area contributed by atoms with Crippen molar-refractivity contribution in [3.05, 3.63) is 35.0 Å². The second-order valence-corrected chi connectivity index (χ2v) is 8.82. The first-order valence-corrected chi connectivity index (χ1v) is 11.5. The average Bonchev–Trinajstić information content (AvgIpc) is 3.17. The Bertz CT molecular complexity index is 1170. The number of primary amides is 1. The number of anilines is 3. The minimum Gasteiger partial charge on any atom is -0.394 e. The van der Waals surface area contributed by atoms with E-state index in [-0.39, 0.29) is 47.2 Å². The number of nitrogens with zero attached hydrogens (tertiary/aromatic N) is 4. The van der Waals surface area contributed by atoms with E-state index in [1.807, 2.05) is 11.5 Å². The number of aliphatic hydroxyl groups is 1. The Labute approximate surface area is 199 Å². The van der Waals surface area contributed by atoms with Crippen molar-refractivity contribution in [2.75, 3.05) is 17.2 Å². The standard InChI is InChI=1S/C22H26ClF2N7O2/c1-2-13(10-33)28-21-27-9-17-20(31-21)32(14-5-3-11(4-6-14)19(26)34)22(29-17)30-18-15(23)7-12(24)8-16(18)25/h7-9,11,13-14,33H,2-6,10H2,1H3,(H2,26,34)(H,29,30)(H,27,28,31)/t11-,13-,14-/m0/s1. The number of nitrogens with two attached hydrogens (primary N) is 1. The van der Waals surface area contributed by atoms with Crippen molar-refractivity contribution in [3.8, 4) is 0 Å². The molecule has 12 heteroatoms. The van der Waals surface area contributed by atoms with Crippen LogP contribution in [0.1, 0.15) is 45.1 Å². The summed E-state index contributed by atoms with van der Waals surface area (Å²) in [6.07, 6.45) is 4.67. The summed E-state index contributed by atoms with van der Waals surface area (Å²) in [7, 11) is 0. The number of hydrogen-bond acceptors (Lipinski definition) is 7. The van der Waals surface area contributed by atoms with E-state index < -0.39 is 11.6 Å². The summed E-state index contributed by atoms with van der Waals surface area (Å²) in [6.45, 7) is 1.85. The molecule has 0 unspecified atom stereocenters. The molecule has 5 N–H and O–H groups in total. The predicted molar refractivity (Wildman–Crippen MR) is 125 cm³/mol. The number of hydrogen-bond donors (Lipinski definition) is 4.